The molecule has 0 aromatic heterocycles. The van der Waals surface area contributed by atoms with Gasteiger partial charge in [0.25, 0.3) is 0 Å². The lowest BCUT2D eigenvalue weighted by Gasteiger charge is -2.29. The van der Waals surface area contributed by atoms with Gasteiger partial charge in [0.1, 0.15) is 0 Å². The van der Waals surface area contributed by atoms with E-state index in [4.69, 9.17) is 11.6 Å². The molecule has 1 atom stereocenters. The molecule has 0 radical (unpaired) electrons. The first-order valence-electron chi connectivity index (χ1n) is 7.55. The summed E-state index contributed by atoms with van der Waals surface area (Å²) in [6.45, 7) is 4.33. The van der Waals surface area contributed by atoms with E-state index < -0.39 is 0 Å². The summed E-state index contributed by atoms with van der Waals surface area (Å²) in [5, 5.41) is 6.94. The fraction of sp³-hybridized carbons (Fsp3) is 0.562. The van der Waals surface area contributed by atoms with E-state index >= 15 is 0 Å². The van der Waals surface area contributed by atoms with Gasteiger partial charge in [-0.3, -0.25) is 4.79 Å². The van der Waals surface area contributed by atoms with Crippen LogP contribution in [-0.2, 0) is 4.79 Å². The first-order valence-corrected chi connectivity index (χ1v) is 8.73. The van der Waals surface area contributed by atoms with Crippen LogP contribution in [0.2, 0.25) is 5.02 Å². The number of anilines is 1. The van der Waals surface area contributed by atoms with Gasteiger partial charge in [0.05, 0.1) is 5.02 Å². The van der Waals surface area contributed by atoms with Crippen molar-refractivity contribution in [2.45, 2.75) is 32.6 Å². The van der Waals surface area contributed by atoms with Gasteiger partial charge in [0.2, 0.25) is 5.91 Å². The Morgan fingerprint density at radius 1 is 1.48 bits per heavy atom. The van der Waals surface area contributed by atoms with E-state index in [9.17, 15) is 4.79 Å². The zero-order chi connectivity index (χ0) is 15.2. The third kappa shape index (κ3) is 4.97. The molecule has 1 aliphatic rings. The topological polar surface area (TPSA) is 41.1 Å². The minimum Gasteiger partial charge on any atom is -0.326 e. The molecule has 21 heavy (non-hydrogen) atoms. The Morgan fingerprint density at radius 2 is 2.19 bits per heavy atom. The van der Waals surface area contributed by atoms with Crippen LogP contribution in [0.25, 0.3) is 0 Å². The van der Waals surface area contributed by atoms with Crippen LogP contribution in [0.15, 0.2) is 22.7 Å². The molecular formula is C16H22BrClN2O. The zero-order valence-electron chi connectivity index (χ0n) is 12.3. The number of hydrogen-bond acceptors (Lipinski definition) is 2. The average molecular weight is 374 g/mol. The van der Waals surface area contributed by atoms with Crippen LogP contribution in [0.5, 0.6) is 0 Å². The van der Waals surface area contributed by atoms with Gasteiger partial charge >= 0.3 is 0 Å². The summed E-state index contributed by atoms with van der Waals surface area (Å²) in [4.78, 5) is 12.2. The summed E-state index contributed by atoms with van der Waals surface area (Å²) >= 11 is 9.40. The standard InChI is InChI=1S/C16H22BrClN2O/c1-2-11(12-5-7-19-8-6-12)9-16(21)20-13-3-4-14(17)15(18)10-13/h3-4,10-12,19H,2,5-9H2,1H3,(H,20,21). The van der Waals surface area contributed by atoms with Gasteiger partial charge in [0, 0.05) is 16.6 Å². The van der Waals surface area contributed by atoms with Crippen LogP contribution < -0.4 is 10.6 Å². The summed E-state index contributed by atoms with van der Waals surface area (Å²) in [6, 6.07) is 5.48. The summed E-state index contributed by atoms with van der Waals surface area (Å²) in [7, 11) is 0. The second kappa shape index (κ2) is 8.16. The normalized spacial score (nSPS) is 17.5. The fourth-order valence-corrected chi connectivity index (χ4v) is 3.41. The van der Waals surface area contributed by atoms with Crippen LogP contribution in [0, 0.1) is 11.8 Å². The Labute approximate surface area is 140 Å². The molecule has 1 saturated heterocycles. The van der Waals surface area contributed by atoms with E-state index in [-0.39, 0.29) is 5.91 Å². The highest BCUT2D eigenvalue weighted by atomic mass is 79.9. The zero-order valence-corrected chi connectivity index (χ0v) is 14.6. The molecule has 3 nitrogen and oxygen atoms in total. The molecule has 1 fully saturated rings. The highest BCUT2D eigenvalue weighted by molar-refractivity contribution is 9.10. The van der Waals surface area contributed by atoms with Crippen molar-refractivity contribution in [2.75, 3.05) is 18.4 Å². The maximum absolute atomic E-state index is 12.2. The number of hydrogen-bond donors (Lipinski definition) is 2. The molecule has 116 valence electrons. The van der Waals surface area contributed by atoms with E-state index in [2.05, 4.69) is 33.5 Å². The quantitative estimate of drug-likeness (QED) is 0.800. The van der Waals surface area contributed by atoms with Gasteiger partial charge in [-0.2, -0.15) is 0 Å². The maximum atomic E-state index is 12.2. The van der Waals surface area contributed by atoms with Gasteiger partial charge in [-0.05, 0) is 71.9 Å². The van der Waals surface area contributed by atoms with E-state index in [1.807, 2.05) is 12.1 Å². The smallest absolute Gasteiger partial charge is 0.224 e. The van der Waals surface area contributed by atoms with Crippen LogP contribution in [-0.4, -0.2) is 19.0 Å². The lowest BCUT2D eigenvalue weighted by Crippen LogP contribution is -2.33. The van der Waals surface area contributed by atoms with E-state index in [0.717, 1.165) is 29.7 Å². The predicted octanol–water partition coefficient (Wildman–Crippen LogP) is 4.46. The number of benzene rings is 1. The Kier molecular flexibility index (Phi) is 6.52. The molecule has 0 spiro atoms. The molecule has 5 heteroatoms. The molecule has 1 unspecified atom stereocenters. The molecule has 0 aliphatic carbocycles. The number of piperidine rings is 1. The Bertz CT molecular complexity index is 489. The number of carbonyl (C=O) groups excluding carboxylic acids is 1. The molecule has 1 heterocycles. The van der Waals surface area contributed by atoms with Crippen molar-refractivity contribution in [1.29, 1.82) is 0 Å². The lowest BCUT2D eigenvalue weighted by atomic mass is 9.81. The number of carbonyl (C=O) groups is 1. The molecule has 2 N–H and O–H groups in total. The third-order valence-electron chi connectivity index (χ3n) is 4.23. The molecule has 1 amide bonds. The third-order valence-corrected chi connectivity index (χ3v) is 5.46. The molecule has 1 aromatic carbocycles. The molecule has 1 aliphatic heterocycles. The summed E-state index contributed by atoms with van der Waals surface area (Å²) in [5.41, 5.74) is 0.758. The molecular weight excluding hydrogens is 352 g/mol. The van der Waals surface area contributed by atoms with Crippen LogP contribution in [0.1, 0.15) is 32.6 Å². The van der Waals surface area contributed by atoms with Crippen molar-refractivity contribution < 1.29 is 4.79 Å². The molecule has 2 rings (SSSR count). The Morgan fingerprint density at radius 3 is 2.81 bits per heavy atom. The van der Waals surface area contributed by atoms with Gasteiger partial charge in [-0.1, -0.05) is 24.9 Å². The van der Waals surface area contributed by atoms with E-state index in [0.29, 0.717) is 23.3 Å². The number of halogens is 2. The highest BCUT2D eigenvalue weighted by Crippen LogP contribution is 2.29. The van der Waals surface area contributed by atoms with Crippen molar-refractivity contribution in [1.82, 2.24) is 5.32 Å². The van der Waals surface area contributed by atoms with Crippen LogP contribution in [0.4, 0.5) is 5.69 Å². The molecule has 1 aromatic rings. The first kappa shape index (κ1) is 16.8. The minimum absolute atomic E-state index is 0.0822. The van der Waals surface area contributed by atoms with Crippen molar-refractivity contribution in [3.63, 3.8) is 0 Å². The lowest BCUT2D eigenvalue weighted by molar-refractivity contribution is -0.117. The van der Waals surface area contributed by atoms with Gasteiger partial charge < -0.3 is 10.6 Å². The largest absolute Gasteiger partial charge is 0.326 e. The second-order valence-electron chi connectivity index (χ2n) is 5.64. The molecule has 0 saturated carbocycles. The number of rotatable bonds is 5. The fourth-order valence-electron chi connectivity index (χ4n) is 2.98. The monoisotopic (exact) mass is 372 g/mol. The Hall–Kier alpha value is -0.580. The maximum Gasteiger partial charge on any atom is 0.224 e. The average Bonchev–Trinajstić information content (AvgIpc) is 2.49. The number of amides is 1. The summed E-state index contributed by atoms with van der Waals surface area (Å²) < 4.78 is 0.836. The summed E-state index contributed by atoms with van der Waals surface area (Å²) in [5.74, 6) is 1.22. The minimum atomic E-state index is 0.0822. The van der Waals surface area contributed by atoms with E-state index in [1.165, 1.54) is 12.8 Å². The van der Waals surface area contributed by atoms with Crippen molar-refractivity contribution in [3.8, 4) is 0 Å². The van der Waals surface area contributed by atoms with Gasteiger partial charge in [0.15, 0.2) is 0 Å². The summed E-state index contributed by atoms with van der Waals surface area (Å²) in [6.07, 6.45) is 4.00. The van der Waals surface area contributed by atoms with Crippen molar-refractivity contribution >= 4 is 39.1 Å². The van der Waals surface area contributed by atoms with Crippen molar-refractivity contribution in [2.24, 2.45) is 11.8 Å². The highest BCUT2D eigenvalue weighted by Gasteiger charge is 2.24. The predicted molar refractivity (Wildman–Crippen MR) is 91.8 cm³/mol. The van der Waals surface area contributed by atoms with E-state index in [1.54, 1.807) is 6.07 Å². The second-order valence-corrected chi connectivity index (χ2v) is 6.90. The van der Waals surface area contributed by atoms with Gasteiger partial charge in [-0.15, -0.1) is 0 Å². The SMILES string of the molecule is CCC(CC(=O)Nc1ccc(Br)c(Cl)c1)C1CCNCC1. The molecule has 0 bridgehead atoms. The van der Waals surface area contributed by atoms with Gasteiger partial charge in [-0.25, -0.2) is 0 Å². The van der Waals surface area contributed by atoms with Crippen molar-refractivity contribution in [3.05, 3.63) is 27.7 Å². The number of nitrogens with one attached hydrogen (secondary N) is 2. The Balaban J connectivity index is 1.91. The van der Waals surface area contributed by atoms with Crippen LogP contribution in [0.3, 0.4) is 0 Å². The van der Waals surface area contributed by atoms with Crippen LogP contribution >= 0.6 is 27.5 Å². The first-order chi connectivity index (χ1) is 10.1.